The Morgan fingerprint density at radius 2 is 2.10 bits per heavy atom. The van der Waals surface area contributed by atoms with Gasteiger partial charge in [0.25, 0.3) is 0 Å². The molecule has 4 nitrogen and oxygen atoms in total. The summed E-state index contributed by atoms with van der Waals surface area (Å²) < 4.78 is 1.05. The van der Waals surface area contributed by atoms with Crippen LogP contribution in [0.5, 0.6) is 0 Å². The Hall–Kier alpha value is -1.12. The molecule has 108 valence electrons. The Bertz CT molecular complexity index is 489. The molecular weight excluding hydrogens is 316 g/mol. The van der Waals surface area contributed by atoms with Crippen molar-refractivity contribution in [3.63, 3.8) is 0 Å². The minimum atomic E-state index is 0.0711. The molecule has 1 aromatic rings. The van der Waals surface area contributed by atoms with Crippen LogP contribution < -0.4 is 4.90 Å². The van der Waals surface area contributed by atoms with Crippen LogP contribution in [0.2, 0.25) is 0 Å². The lowest BCUT2D eigenvalue weighted by atomic mass is 10.1. The van der Waals surface area contributed by atoms with Gasteiger partial charge in [-0.05, 0) is 40.9 Å². The van der Waals surface area contributed by atoms with Crippen LogP contribution in [0.25, 0.3) is 0 Å². The normalized spacial score (nSPS) is 17.8. The predicted molar refractivity (Wildman–Crippen MR) is 84.8 cm³/mol. The minimum Gasteiger partial charge on any atom is -0.354 e. The number of aromatic nitrogens is 1. The van der Waals surface area contributed by atoms with Gasteiger partial charge >= 0.3 is 0 Å². The summed E-state index contributed by atoms with van der Waals surface area (Å²) in [6, 6.07) is 4.62. The maximum Gasteiger partial charge on any atom is 0.128 e. The van der Waals surface area contributed by atoms with Gasteiger partial charge in [0.15, 0.2) is 0 Å². The fraction of sp³-hybridized carbons (Fsp3) is 0.600. The highest BCUT2D eigenvalue weighted by Crippen LogP contribution is 2.21. The van der Waals surface area contributed by atoms with Crippen LogP contribution in [0.4, 0.5) is 5.82 Å². The van der Waals surface area contributed by atoms with E-state index in [9.17, 15) is 5.26 Å². The standard InChI is InChI=1S/C15H21BrN4/c1-3-4-13(10-17)19-5-7-20(8-6-19)15-9-12(2)14(16)11-18-15/h9,11,13H,3-8H2,1-2H3. The molecule has 2 heterocycles. The third-order valence-corrected chi connectivity index (χ3v) is 4.65. The van der Waals surface area contributed by atoms with Crippen molar-refractivity contribution in [3.05, 3.63) is 22.3 Å². The van der Waals surface area contributed by atoms with Crippen molar-refractivity contribution in [2.45, 2.75) is 32.7 Å². The molecule has 0 saturated carbocycles. The van der Waals surface area contributed by atoms with Crippen molar-refractivity contribution in [3.8, 4) is 6.07 Å². The molecule has 2 rings (SSSR count). The number of nitrogens with zero attached hydrogens (tertiary/aromatic N) is 4. The van der Waals surface area contributed by atoms with Crippen molar-refractivity contribution in [2.24, 2.45) is 0 Å². The number of piperazine rings is 1. The van der Waals surface area contributed by atoms with Crippen LogP contribution in [0.1, 0.15) is 25.3 Å². The number of hydrogen-bond acceptors (Lipinski definition) is 4. The van der Waals surface area contributed by atoms with E-state index < -0.39 is 0 Å². The fourth-order valence-electron chi connectivity index (χ4n) is 2.56. The van der Waals surface area contributed by atoms with Gasteiger partial charge in [0, 0.05) is 36.8 Å². The average molecular weight is 337 g/mol. The van der Waals surface area contributed by atoms with Crippen LogP contribution in [-0.2, 0) is 0 Å². The van der Waals surface area contributed by atoms with Crippen LogP contribution >= 0.6 is 15.9 Å². The molecule has 20 heavy (non-hydrogen) atoms. The SMILES string of the molecule is CCCC(C#N)N1CCN(c2cc(C)c(Br)cn2)CC1. The number of aryl methyl sites for hydroxylation is 1. The maximum absolute atomic E-state index is 9.24. The lowest BCUT2D eigenvalue weighted by Gasteiger charge is -2.37. The van der Waals surface area contributed by atoms with Gasteiger partial charge in [0.1, 0.15) is 5.82 Å². The van der Waals surface area contributed by atoms with Crippen LogP contribution in [-0.4, -0.2) is 42.1 Å². The number of rotatable bonds is 4. The zero-order valence-electron chi connectivity index (χ0n) is 12.1. The van der Waals surface area contributed by atoms with E-state index in [1.165, 1.54) is 5.56 Å². The first-order chi connectivity index (χ1) is 9.65. The molecule has 1 saturated heterocycles. The highest BCUT2D eigenvalue weighted by Gasteiger charge is 2.23. The number of hydrogen-bond donors (Lipinski definition) is 0. The van der Waals surface area contributed by atoms with Gasteiger partial charge in [-0.2, -0.15) is 5.26 Å². The molecule has 0 aliphatic carbocycles. The Kier molecular flexibility index (Phi) is 5.38. The summed E-state index contributed by atoms with van der Waals surface area (Å²) >= 11 is 3.48. The van der Waals surface area contributed by atoms with Crippen LogP contribution in [0.15, 0.2) is 16.7 Å². The number of nitriles is 1. The van der Waals surface area contributed by atoms with Gasteiger partial charge in [0.05, 0.1) is 12.1 Å². The predicted octanol–water partition coefficient (Wildman–Crippen LogP) is 2.97. The van der Waals surface area contributed by atoms with E-state index in [0.717, 1.165) is 49.3 Å². The first-order valence-electron chi connectivity index (χ1n) is 7.16. The number of halogens is 1. The first-order valence-corrected chi connectivity index (χ1v) is 7.95. The van der Waals surface area contributed by atoms with E-state index in [1.54, 1.807) is 0 Å². The Morgan fingerprint density at radius 3 is 2.65 bits per heavy atom. The molecule has 1 aliphatic heterocycles. The summed E-state index contributed by atoms with van der Waals surface area (Å²) in [5.74, 6) is 1.04. The molecule has 1 unspecified atom stereocenters. The lowest BCUT2D eigenvalue weighted by molar-refractivity contribution is 0.211. The summed E-state index contributed by atoms with van der Waals surface area (Å²) in [7, 11) is 0. The molecule has 0 aromatic carbocycles. The van der Waals surface area contributed by atoms with Crippen molar-refractivity contribution in [1.82, 2.24) is 9.88 Å². The molecule has 1 fully saturated rings. The smallest absolute Gasteiger partial charge is 0.128 e. The minimum absolute atomic E-state index is 0.0711. The van der Waals surface area contributed by atoms with Gasteiger partial charge < -0.3 is 4.90 Å². The summed E-state index contributed by atoms with van der Waals surface area (Å²) in [4.78, 5) is 9.08. The molecular formula is C15H21BrN4. The molecule has 0 amide bonds. The molecule has 0 bridgehead atoms. The Morgan fingerprint density at radius 1 is 1.40 bits per heavy atom. The zero-order valence-corrected chi connectivity index (χ0v) is 13.7. The fourth-order valence-corrected chi connectivity index (χ4v) is 2.78. The Labute approximate surface area is 129 Å². The van der Waals surface area contributed by atoms with Crippen LogP contribution in [0.3, 0.4) is 0 Å². The largest absolute Gasteiger partial charge is 0.354 e. The topological polar surface area (TPSA) is 43.2 Å². The van der Waals surface area contributed by atoms with Gasteiger partial charge in [-0.25, -0.2) is 4.98 Å². The molecule has 0 spiro atoms. The van der Waals surface area contributed by atoms with E-state index in [2.05, 4.69) is 56.7 Å². The lowest BCUT2D eigenvalue weighted by Crippen LogP contribution is -2.50. The van der Waals surface area contributed by atoms with Gasteiger partial charge in [-0.1, -0.05) is 13.3 Å². The van der Waals surface area contributed by atoms with E-state index in [-0.39, 0.29) is 6.04 Å². The van der Waals surface area contributed by atoms with Gasteiger partial charge in [-0.15, -0.1) is 0 Å². The van der Waals surface area contributed by atoms with E-state index in [4.69, 9.17) is 0 Å². The molecule has 1 atom stereocenters. The monoisotopic (exact) mass is 336 g/mol. The second-order valence-electron chi connectivity index (χ2n) is 5.25. The van der Waals surface area contributed by atoms with E-state index >= 15 is 0 Å². The van der Waals surface area contributed by atoms with E-state index in [1.807, 2.05) is 6.20 Å². The number of pyridine rings is 1. The van der Waals surface area contributed by atoms with Gasteiger partial charge in [-0.3, -0.25) is 4.90 Å². The zero-order chi connectivity index (χ0) is 14.5. The second-order valence-corrected chi connectivity index (χ2v) is 6.10. The quantitative estimate of drug-likeness (QED) is 0.847. The first kappa shape index (κ1) is 15.3. The molecule has 0 N–H and O–H groups in total. The van der Waals surface area contributed by atoms with Crippen LogP contribution in [0, 0.1) is 18.3 Å². The summed E-state index contributed by atoms with van der Waals surface area (Å²) in [5, 5.41) is 9.24. The third kappa shape index (κ3) is 3.50. The van der Waals surface area contributed by atoms with Gasteiger partial charge in [0.2, 0.25) is 0 Å². The summed E-state index contributed by atoms with van der Waals surface area (Å²) in [6.07, 6.45) is 3.89. The molecule has 5 heteroatoms. The number of anilines is 1. The second kappa shape index (κ2) is 7.05. The molecule has 1 aromatic heterocycles. The van der Waals surface area contributed by atoms with Crippen molar-refractivity contribution >= 4 is 21.7 Å². The van der Waals surface area contributed by atoms with Crippen molar-refractivity contribution in [2.75, 3.05) is 31.1 Å². The average Bonchev–Trinajstić information content (AvgIpc) is 2.48. The summed E-state index contributed by atoms with van der Waals surface area (Å²) in [6.45, 7) is 7.98. The van der Waals surface area contributed by atoms with E-state index in [0.29, 0.717) is 0 Å². The highest BCUT2D eigenvalue weighted by atomic mass is 79.9. The highest BCUT2D eigenvalue weighted by molar-refractivity contribution is 9.10. The summed E-state index contributed by atoms with van der Waals surface area (Å²) in [5.41, 5.74) is 1.21. The van der Waals surface area contributed by atoms with Crippen molar-refractivity contribution < 1.29 is 0 Å². The maximum atomic E-state index is 9.24. The molecule has 1 aliphatic rings. The Balaban J connectivity index is 1.97. The van der Waals surface area contributed by atoms with Crippen molar-refractivity contribution in [1.29, 1.82) is 5.26 Å². The third-order valence-electron chi connectivity index (χ3n) is 3.82. The molecule has 0 radical (unpaired) electrons.